The van der Waals surface area contributed by atoms with Gasteiger partial charge in [-0.25, -0.2) is 8.42 Å². The number of nitrogens with zero attached hydrogens (tertiary/aromatic N) is 1. The van der Waals surface area contributed by atoms with Crippen molar-refractivity contribution in [3.63, 3.8) is 0 Å². The number of unbranched alkanes of at least 4 members (excludes halogenated alkanes) is 1. The SMILES string of the molecule is C[N+](C)=CNCCCCc1ccccc1.O=S(=O)([O-])C(F)(F)F. The molecule has 0 fully saturated rings. The summed E-state index contributed by atoms with van der Waals surface area (Å²) in [5.41, 5.74) is -4.21. The van der Waals surface area contributed by atoms with Crippen molar-refractivity contribution in [1.29, 1.82) is 0 Å². The fourth-order valence-corrected chi connectivity index (χ4v) is 1.45. The van der Waals surface area contributed by atoms with E-state index in [1.54, 1.807) is 0 Å². The fourth-order valence-electron chi connectivity index (χ4n) is 1.45. The van der Waals surface area contributed by atoms with Gasteiger partial charge in [-0.1, -0.05) is 30.3 Å². The normalized spacial score (nSPS) is 11.2. The average molecular weight is 354 g/mol. The van der Waals surface area contributed by atoms with Crippen LogP contribution in [0, 0.1) is 0 Å². The quantitative estimate of drug-likeness (QED) is 0.212. The van der Waals surface area contributed by atoms with Gasteiger partial charge in [0, 0.05) is 0 Å². The molecule has 0 radical (unpaired) electrons. The minimum absolute atomic E-state index is 1.06. The van der Waals surface area contributed by atoms with Crippen LogP contribution in [-0.4, -0.2) is 50.0 Å². The van der Waals surface area contributed by atoms with Gasteiger partial charge in [-0.15, -0.1) is 0 Å². The lowest BCUT2D eigenvalue weighted by molar-refractivity contribution is -0.461. The van der Waals surface area contributed by atoms with Crippen molar-refractivity contribution in [3.05, 3.63) is 35.9 Å². The Balaban J connectivity index is 0.000000515. The Labute approximate surface area is 134 Å². The molecule has 1 rings (SSSR count). The molecular formula is C14H21F3N2O3S. The van der Waals surface area contributed by atoms with Gasteiger partial charge in [-0.3, -0.25) is 9.89 Å². The number of hydrogen-bond donors (Lipinski definition) is 1. The van der Waals surface area contributed by atoms with Crippen LogP contribution in [0.25, 0.3) is 0 Å². The number of halogens is 3. The Morgan fingerprint density at radius 1 is 1.17 bits per heavy atom. The van der Waals surface area contributed by atoms with Gasteiger partial charge in [0.2, 0.25) is 6.34 Å². The molecular weight excluding hydrogens is 333 g/mol. The van der Waals surface area contributed by atoms with Crippen LogP contribution in [0.5, 0.6) is 0 Å². The van der Waals surface area contributed by atoms with Crippen molar-refractivity contribution < 1.29 is 30.7 Å². The van der Waals surface area contributed by atoms with Crippen LogP contribution in [0.1, 0.15) is 18.4 Å². The molecule has 0 unspecified atom stereocenters. The molecule has 132 valence electrons. The zero-order chi connectivity index (χ0) is 17.9. The average Bonchev–Trinajstić information content (AvgIpc) is 2.42. The Morgan fingerprint density at radius 2 is 1.70 bits per heavy atom. The first-order valence-corrected chi connectivity index (χ1v) is 8.24. The van der Waals surface area contributed by atoms with E-state index in [0.29, 0.717) is 0 Å². The molecule has 9 heteroatoms. The van der Waals surface area contributed by atoms with Crippen LogP contribution in [0.3, 0.4) is 0 Å². The zero-order valence-corrected chi connectivity index (χ0v) is 13.8. The summed E-state index contributed by atoms with van der Waals surface area (Å²) in [6, 6.07) is 10.7. The van der Waals surface area contributed by atoms with E-state index < -0.39 is 15.6 Å². The molecule has 0 saturated heterocycles. The van der Waals surface area contributed by atoms with E-state index >= 15 is 0 Å². The third-order valence-corrected chi connectivity index (χ3v) is 3.08. The monoisotopic (exact) mass is 354 g/mol. The number of benzene rings is 1. The summed E-state index contributed by atoms with van der Waals surface area (Å²) >= 11 is 0. The summed E-state index contributed by atoms with van der Waals surface area (Å²) in [4.78, 5) is 0. The van der Waals surface area contributed by atoms with Gasteiger partial charge in [0.1, 0.15) is 0 Å². The molecule has 0 bridgehead atoms. The molecule has 0 aliphatic carbocycles. The predicted octanol–water partition coefficient (Wildman–Crippen LogP) is 1.95. The number of nitrogens with one attached hydrogen (secondary N) is 1. The largest absolute Gasteiger partial charge is 0.741 e. The molecule has 0 heterocycles. The molecule has 0 atom stereocenters. The van der Waals surface area contributed by atoms with E-state index in [1.165, 1.54) is 24.8 Å². The van der Waals surface area contributed by atoms with Crippen molar-refractivity contribution in [1.82, 2.24) is 5.32 Å². The first-order chi connectivity index (χ1) is 10.5. The second-order valence-corrected chi connectivity index (χ2v) is 6.26. The third-order valence-electron chi connectivity index (χ3n) is 2.51. The van der Waals surface area contributed by atoms with Crippen LogP contribution < -0.4 is 5.32 Å². The molecule has 1 N–H and O–H groups in total. The molecule has 1 aromatic rings. The van der Waals surface area contributed by atoms with Crippen molar-refractivity contribution in [2.75, 3.05) is 20.6 Å². The topological polar surface area (TPSA) is 72.2 Å². The molecule has 0 amide bonds. The summed E-state index contributed by atoms with van der Waals surface area (Å²) < 4.78 is 60.9. The molecule has 0 spiro atoms. The maximum atomic E-state index is 10.7. The minimum atomic E-state index is -6.09. The molecule has 0 aliphatic heterocycles. The van der Waals surface area contributed by atoms with Crippen LogP contribution >= 0.6 is 0 Å². The first-order valence-electron chi connectivity index (χ1n) is 6.83. The standard InChI is InChI=1S/C13H20N2.CHF3O3S/c1-15(2)12-14-11-7-6-10-13-8-4-3-5-9-13;2-1(3,4)8(5,6)7/h3-5,8-9,12H,6-7,10-11H2,1-2H3;(H,5,6,7). The Bertz CT molecular complexity index is 569. The van der Waals surface area contributed by atoms with Crippen molar-refractivity contribution >= 4 is 16.5 Å². The van der Waals surface area contributed by atoms with Crippen LogP contribution in [0.15, 0.2) is 30.3 Å². The van der Waals surface area contributed by atoms with Gasteiger partial charge in [0.05, 0.1) is 20.6 Å². The van der Waals surface area contributed by atoms with E-state index in [-0.39, 0.29) is 0 Å². The number of alkyl halides is 3. The van der Waals surface area contributed by atoms with Gasteiger partial charge in [-0.05, 0) is 24.8 Å². The maximum absolute atomic E-state index is 10.7. The van der Waals surface area contributed by atoms with E-state index in [1.807, 2.05) is 25.0 Å². The Kier molecular flexibility index (Phi) is 9.50. The lowest BCUT2D eigenvalue weighted by atomic mass is 10.1. The number of aryl methyl sites for hydroxylation is 1. The second-order valence-electron chi connectivity index (χ2n) is 4.89. The zero-order valence-electron chi connectivity index (χ0n) is 13.0. The van der Waals surface area contributed by atoms with Crippen molar-refractivity contribution in [2.45, 2.75) is 24.8 Å². The van der Waals surface area contributed by atoms with Crippen LogP contribution in [0.4, 0.5) is 13.2 Å². The highest BCUT2D eigenvalue weighted by atomic mass is 32.2. The predicted molar refractivity (Wildman–Crippen MR) is 81.3 cm³/mol. The third kappa shape index (κ3) is 11.6. The Hall–Kier alpha value is -1.61. The summed E-state index contributed by atoms with van der Waals surface area (Å²) in [5, 5.41) is 3.27. The highest BCUT2D eigenvalue weighted by molar-refractivity contribution is 7.86. The lowest BCUT2D eigenvalue weighted by Crippen LogP contribution is -2.21. The summed E-state index contributed by atoms with van der Waals surface area (Å²) in [6.07, 6.45) is 5.66. The summed E-state index contributed by atoms with van der Waals surface area (Å²) in [6.45, 7) is 1.06. The van der Waals surface area contributed by atoms with E-state index in [2.05, 4.69) is 35.6 Å². The second kappa shape index (κ2) is 10.2. The molecule has 0 saturated carbocycles. The fraction of sp³-hybridized carbons (Fsp3) is 0.500. The first kappa shape index (κ1) is 21.4. The molecule has 23 heavy (non-hydrogen) atoms. The van der Waals surface area contributed by atoms with E-state index in [0.717, 1.165) is 6.54 Å². The minimum Gasteiger partial charge on any atom is -0.741 e. The molecule has 5 nitrogen and oxygen atoms in total. The molecule has 1 aromatic carbocycles. The van der Waals surface area contributed by atoms with Crippen molar-refractivity contribution in [3.8, 4) is 0 Å². The van der Waals surface area contributed by atoms with E-state index in [9.17, 15) is 13.2 Å². The molecule has 0 aliphatic rings. The van der Waals surface area contributed by atoms with Gasteiger partial charge < -0.3 is 4.55 Å². The van der Waals surface area contributed by atoms with Crippen molar-refractivity contribution in [2.24, 2.45) is 0 Å². The van der Waals surface area contributed by atoms with Gasteiger partial charge in [-0.2, -0.15) is 13.2 Å². The Morgan fingerprint density at radius 3 is 2.13 bits per heavy atom. The molecule has 0 aromatic heterocycles. The lowest BCUT2D eigenvalue weighted by Gasteiger charge is -2.08. The highest BCUT2D eigenvalue weighted by Gasteiger charge is 2.36. The smallest absolute Gasteiger partial charge is 0.485 e. The number of rotatable bonds is 6. The van der Waals surface area contributed by atoms with Crippen LogP contribution in [-0.2, 0) is 16.5 Å². The van der Waals surface area contributed by atoms with E-state index in [4.69, 9.17) is 13.0 Å². The maximum Gasteiger partial charge on any atom is 0.485 e. The van der Waals surface area contributed by atoms with Gasteiger partial charge in [0.15, 0.2) is 10.1 Å². The van der Waals surface area contributed by atoms with Gasteiger partial charge >= 0.3 is 5.51 Å². The number of hydrogen-bond acceptors (Lipinski definition) is 3. The summed E-state index contributed by atoms with van der Waals surface area (Å²) in [5.74, 6) is 0. The van der Waals surface area contributed by atoms with Crippen LogP contribution in [0.2, 0.25) is 0 Å². The summed E-state index contributed by atoms with van der Waals surface area (Å²) in [7, 11) is -2.04. The highest BCUT2D eigenvalue weighted by Crippen LogP contribution is 2.20. The van der Waals surface area contributed by atoms with Gasteiger partial charge in [0.25, 0.3) is 0 Å².